The van der Waals surface area contributed by atoms with Gasteiger partial charge in [0, 0.05) is 6.54 Å². The predicted molar refractivity (Wildman–Crippen MR) is 84.3 cm³/mol. The summed E-state index contributed by atoms with van der Waals surface area (Å²) in [5.41, 5.74) is 0.734. The van der Waals surface area contributed by atoms with Gasteiger partial charge in [-0.1, -0.05) is 25.5 Å². The first-order valence-corrected chi connectivity index (χ1v) is 10.2. The van der Waals surface area contributed by atoms with Gasteiger partial charge in [0.15, 0.2) is 9.84 Å². The normalized spacial score (nSPS) is 12.8. The van der Waals surface area contributed by atoms with Gasteiger partial charge in [0.2, 0.25) is 10.0 Å². The molecule has 0 bridgehead atoms. The Morgan fingerprint density at radius 2 is 1.62 bits per heavy atom. The molecule has 0 aromatic heterocycles. The van der Waals surface area contributed by atoms with Crippen LogP contribution in [0.1, 0.15) is 39.2 Å². The van der Waals surface area contributed by atoms with Crippen molar-refractivity contribution in [1.82, 2.24) is 4.72 Å². The van der Waals surface area contributed by atoms with Gasteiger partial charge >= 0.3 is 0 Å². The number of benzene rings is 1. The molecule has 0 aliphatic heterocycles. The second kappa shape index (κ2) is 7.38. The molecule has 0 fully saturated rings. The van der Waals surface area contributed by atoms with Crippen LogP contribution in [0.2, 0.25) is 0 Å². The molecular formula is C14H23NO4S2. The smallest absolute Gasteiger partial charge is 0.211 e. The molecule has 0 amide bonds. The molecule has 0 heterocycles. The van der Waals surface area contributed by atoms with Gasteiger partial charge in [-0.2, -0.15) is 0 Å². The van der Waals surface area contributed by atoms with E-state index >= 15 is 0 Å². The Hall–Kier alpha value is -0.920. The monoisotopic (exact) mass is 333 g/mol. The van der Waals surface area contributed by atoms with Crippen LogP contribution in [0, 0.1) is 0 Å². The van der Waals surface area contributed by atoms with Gasteiger partial charge in [-0.25, -0.2) is 21.6 Å². The van der Waals surface area contributed by atoms with Crippen molar-refractivity contribution in [2.24, 2.45) is 0 Å². The van der Waals surface area contributed by atoms with Crippen molar-refractivity contribution in [3.63, 3.8) is 0 Å². The topological polar surface area (TPSA) is 80.3 Å². The molecule has 0 saturated carbocycles. The van der Waals surface area contributed by atoms with E-state index in [-0.39, 0.29) is 17.2 Å². The lowest BCUT2D eigenvalue weighted by Crippen LogP contribution is -2.25. The lowest BCUT2D eigenvalue weighted by molar-refractivity contribution is 0.577. The number of hydrogen-bond donors (Lipinski definition) is 1. The minimum atomic E-state index is -3.29. The fourth-order valence-corrected chi connectivity index (χ4v) is 3.93. The highest BCUT2D eigenvalue weighted by atomic mass is 32.2. The van der Waals surface area contributed by atoms with Crippen LogP contribution in [0.5, 0.6) is 0 Å². The third kappa shape index (κ3) is 5.41. The van der Waals surface area contributed by atoms with Crippen LogP contribution in [0.25, 0.3) is 0 Å². The number of hydrogen-bond acceptors (Lipinski definition) is 4. The van der Waals surface area contributed by atoms with Crippen LogP contribution in [-0.2, 0) is 26.4 Å². The van der Waals surface area contributed by atoms with Crippen molar-refractivity contribution in [2.45, 2.75) is 50.3 Å². The maximum atomic E-state index is 12.0. The lowest BCUT2D eigenvalue weighted by Gasteiger charge is -2.09. The standard InChI is InChI=1S/C14H23NO4S2/c1-4-5-10-20(16,17)15-11-13-6-8-14(9-7-13)21(18,19)12(2)3/h6-9,12,15H,4-5,10-11H2,1-3H3. The van der Waals surface area contributed by atoms with E-state index in [0.29, 0.717) is 6.42 Å². The number of sulfone groups is 1. The predicted octanol–water partition coefficient (Wildman–Crippen LogP) is 2.09. The van der Waals surface area contributed by atoms with Crippen molar-refractivity contribution < 1.29 is 16.8 Å². The maximum Gasteiger partial charge on any atom is 0.211 e. The van der Waals surface area contributed by atoms with Crippen molar-refractivity contribution in [1.29, 1.82) is 0 Å². The number of rotatable bonds is 8. The Kier molecular flexibility index (Phi) is 6.37. The molecule has 7 heteroatoms. The van der Waals surface area contributed by atoms with Gasteiger partial charge in [-0.05, 0) is 38.0 Å². The minimum Gasteiger partial charge on any atom is -0.223 e. The summed E-state index contributed by atoms with van der Waals surface area (Å²) in [4.78, 5) is 0.259. The lowest BCUT2D eigenvalue weighted by atomic mass is 10.2. The number of nitrogens with one attached hydrogen (secondary N) is 1. The molecule has 21 heavy (non-hydrogen) atoms. The molecule has 120 valence electrons. The van der Waals surface area contributed by atoms with E-state index < -0.39 is 25.1 Å². The zero-order valence-corrected chi connectivity index (χ0v) is 14.3. The van der Waals surface area contributed by atoms with Crippen LogP contribution >= 0.6 is 0 Å². The molecule has 0 radical (unpaired) electrons. The van der Waals surface area contributed by atoms with Gasteiger partial charge < -0.3 is 0 Å². The summed E-state index contributed by atoms with van der Waals surface area (Å²) < 4.78 is 49.8. The average Bonchev–Trinajstić information content (AvgIpc) is 2.43. The van der Waals surface area contributed by atoms with Crippen molar-refractivity contribution in [3.05, 3.63) is 29.8 Å². The zero-order valence-electron chi connectivity index (χ0n) is 12.7. The SMILES string of the molecule is CCCCS(=O)(=O)NCc1ccc(S(=O)(=O)C(C)C)cc1. The molecule has 0 aliphatic carbocycles. The van der Waals surface area contributed by atoms with E-state index in [1.807, 2.05) is 6.92 Å². The molecule has 0 aliphatic rings. The molecule has 1 aromatic carbocycles. The number of unbranched alkanes of at least 4 members (excludes halogenated alkanes) is 1. The fourth-order valence-electron chi connectivity index (χ4n) is 1.67. The van der Waals surface area contributed by atoms with Gasteiger partial charge in [-0.3, -0.25) is 0 Å². The summed E-state index contributed by atoms with van der Waals surface area (Å²) in [6.07, 6.45) is 1.45. The minimum absolute atomic E-state index is 0.114. The van der Waals surface area contributed by atoms with E-state index in [0.717, 1.165) is 12.0 Å². The summed E-state index contributed by atoms with van der Waals surface area (Å²) in [5.74, 6) is 0.114. The van der Waals surface area contributed by atoms with Gasteiger partial charge in [0.05, 0.1) is 15.9 Å². The van der Waals surface area contributed by atoms with Crippen molar-refractivity contribution in [3.8, 4) is 0 Å². The average molecular weight is 333 g/mol. The molecular weight excluding hydrogens is 310 g/mol. The summed E-state index contributed by atoms with van der Waals surface area (Å²) in [5, 5.41) is -0.476. The highest BCUT2D eigenvalue weighted by Gasteiger charge is 2.18. The second-order valence-electron chi connectivity index (χ2n) is 5.23. The first-order valence-electron chi connectivity index (χ1n) is 6.99. The van der Waals surface area contributed by atoms with E-state index in [2.05, 4.69) is 4.72 Å². The van der Waals surface area contributed by atoms with Crippen molar-refractivity contribution >= 4 is 19.9 Å². The molecule has 0 atom stereocenters. The second-order valence-corrected chi connectivity index (χ2v) is 9.66. The van der Waals surface area contributed by atoms with Crippen LogP contribution in [0.15, 0.2) is 29.2 Å². The Bertz CT molecular complexity index is 647. The first kappa shape index (κ1) is 18.1. The van der Waals surface area contributed by atoms with Gasteiger partial charge in [0.1, 0.15) is 0 Å². The van der Waals surface area contributed by atoms with E-state index in [1.54, 1.807) is 26.0 Å². The van der Waals surface area contributed by atoms with Crippen LogP contribution in [0.4, 0.5) is 0 Å². The Morgan fingerprint density at radius 3 is 2.10 bits per heavy atom. The summed E-state index contributed by atoms with van der Waals surface area (Å²) in [7, 11) is -6.55. The maximum absolute atomic E-state index is 12.0. The third-order valence-corrected chi connectivity index (χ3v) is 6.72. The molecule has 5 nitrogen and oxygen atoms in total. The molecule has 1 aromatic rings. The third-order valence-electron chi connectivity index (χ3n) is 3.14. The Balaban J connectivity index is 2.72. The molecule has 1 N–H and O–H groups in total. The highest BCUT2D eigenvalue weighted by Crippen LogP contribution is 2.16. The largest absolute Gasteiger partial charge is 0.223 e. The quantitative estimate of drug-likeness (QED) is 0.790. The summed E-state index contributed by atoms with van der Waals surface area (Å²) in [6, 6.07) is 6.31. The molecule has 0 unspecified atom stereocenters. The van der Waals surface area contributed by atoms with Crippen LogP contribution in [-0.4, -0.2) is 27.8 Å². The molecule has 0 spiro atoms. The van der Waals surface area contributed by atoms with Gasteiger partial charge in [-0.15, -0.1) is 0 Å². The van der Waals surface area contributed by atoms with E-state index in [4.69, 9.17) is 0 Å². The number of sulfonamides is 1. The Morgan fingerprint density at radius 1 is 1.05 bits per heavy atom. The van der Waals surface area contributed by atoms with Gasteiger partial charge in [0.25, 0.3) is 0 Å². The zero-order chi connectivity index (χ0) is 16.1. The van der Waals surface area contributed by atoms with Crippen LogP contribution < -0.4 is 4.72 Å². The first-order chi connectivity index (χ1) is 9.69. The summed E-state index contributed by atoms with van der Waals surface area (Å²) >= 11 is 0. The highest BCUT2D eigenvalue weighted by molar-refractivity contribution is 7.92. The van der Waals surface area contributed by atoms with Crippen LogP contribution in [0.3, 0.4) is 0 Å². The summed E-state index contributed by atoms with van der Waals surface area (Å²) in [6.45, 7) is 5.37. The van der Waals surface area contributed by atoms with E-state index in [9.17, 15) is 16.8 Å². The Labute approximate surface area is 127 Å². The molecule has 0 saturated heterocycles. The molecule has 1 rings (SSSR count). The fraction of sp³-hybridized carbons (Fsp3) is 0.571. The van der Waals surface area contributed by atoms with Crippen molar-refractivity contribution in [2.75, 3.05) is 5.75 Å². The van der Waals surface area contributed by atoms with E-state index in [1.165, 1.54) is 12.1 Å².